The highest BCUT2D eigenvalue weighted by atomic mass is 31.2. The maximum atomic E-state index is 12.9. The summed E-state index contributed by atoms with van der Waals surface area (Å²) in [4.78, 5) is 25.4. The summed E-state index contributed by atoms with van der Waals surface area (Å²) in [5.74, 6) is -0.213. The summed E-state index contributed by atoms with van der Waals surface area (Å²) in [6.45, 7) is 4.49. The molecule has 0 radical (unpaired) electrons. The van der Waals surface area contributed by atoms with Gasteiger partial charge in [0.15, 0.2) is 0 Å². The van der Waals surface area contributed by atoms with Crippen molar-refractivity contribution >= 4 is 13.7 Å². The number of nitrogens with zero attached hydrogens (tertiary/aromatic N) is 1. The Kier molecular flexibility index (Phi) is 44.2. The number of phosphoric ester groups is 1. The minimum Gasteiger partial charge on any atom is -0.756 e. The Morgan fingerprint density at radius 3 is 1.45 bits per heavy atom. The second-order valence-electron chi connectivity index (χ2n) is 18.5. The second-order valence-corrected chi connectivity index (χ2v) is 19.9. The molecule has 0 rings (SSSR count). The van der Waals surface area contributed by atoms with Crippen molar-refractivity contribution in [3.05, 3.63) is 85.1 Å². The van der Waals surface area contributed by atoms with Crippen LogP contribution >= 0.6 is 7.82 Å². The van der Waals surface area contributed by atoms with E-state index in [0.29, 0.717) is 17.4 Å². The monoisotopic (exact) mass is 915 g/mol. The number of aliphatic hydroxyl groups excluding tert-OH is 1. The van der Waals surface area contributed by atoms with Crippen LogP contribution in [0, 0.1) is 0 Å². The van der Waals surface area contributed by atoms with Gasteiger partial charge in [-0.05, 0) is 77.0 Å². The Balaban J connectivity index is 4.20. The van der Waals surface area contributed by atoms with Gasteiger partial charge in [0.25, 0.3) is 7.82 Å². The Morgan fingerprint density at radius 2 is 0.969 bits per heavy atom. The number of nitrogens with one attached hydrogen (secondary N) is 1. The van der Waals surface area contributed by atoms with Crippen molar-refractivity contribution < 1.29 is 32.9 Å². The van der Waals surface area contributed by atoms with E-state index in [4.69, 9.17) is 9.05 Å². The number of likely N-dealkylation sites (N-methyl/N-ethyl adjacent to an activating group) is 1. The summed E-state index contributed by atoms with van der Waals surface area (Å²) >= 11 is 0. The Labute approximate surface area is 395 Å². The standard InChI is InChI=1S/C55H99N2O6P/c1-6-8-10-12-14-16-18-20-21-22-23-24-25-26-27-28-29-30-31-32-33-34-35-37-39-41-43-45-47-49-55(59)56-53(52-63-64(60,61)62-51-50-57(3,4)5)54(58)48-46-44-42-40-38-36-19-17-15-13-11-9-7-2/h8,10,14,16,20-21,23-24,26-27,38,40,46,48,53-54,58H,6-7,9,11-13,15,17-19,22,25,28-37,39,41-45,47,49-52H2,1-5H3,(H-,56,59,60,61)/b10-8-,16-14-,21-20-,24-23-,27-26-,40-38+,48-46+. The summed E-state index contributed by atoms with van der Waals surface area (Å²) < 4.78 is 23.2. The van der Waals surface area contributed by atoms with Gasteiger partial charge in [-0.1, -0.05) is 208 Å². The molecule has 1 amide bonds. The van der Waals surface area contributed by atoms with Gasteiger partial charge in [0.1, 0.15) is 13.2 Å². The van der Waals surface area contributed by atoms with Crippen molar-refractivity contribution in [1.82, 2.24) is 5.32 Å². The van der Waals surface area contributed by atoms with E-state index in [1.54, 1.807) is 6.08 Å². The third-order valence-electron chi connectivity index (χ3n) is 11.1. The average molecular weight is 915 g/mol. The molecule has 370 valence electrons. The first-order valence-electron chi connectivity index (χ1n) is 25.9. The molecule has 0 spiro atoms. The van der Waals surface area contributed by atoms with Gasteiger partial charge in [-0.15, -0.1) is 0 Å². The van der Waals surface area contributed by atoms with Crippen LogP contribution in [0.2, 0.25) is 0 Å². The Hall–Kier alpha value is -2.32. The normalized spacial score (nSPS) is 14.8. The fourth-order valence-electron chi connectivity index (χ4n) is 7.02. The summed E-state index contributed by atoms with van der Waals surface area (Å²) in [5, 5.41) is 13.8. The second kappa shape index (κ2) is 45.8. The lowest BCUT2D eigenvalue weighted by atomic mass is 10.0. The predicted molar refractivity (Wildman–Crippen MR) is 274 cm³/mol. The molecular formula is C55H99N2O6P. The number of carbonyl (C=O) groups is 1. The summed E-state index contributed by atoms with van der Waals surface area (Å²) in [6, 6.07) is -0.907. The van der Waals surface area contributed by atoms with Gasteiger partial charge in [0.05, 0.1) is 39.9 Å². The number of hydrogen-bond acceptors (Lipinski definition) is 6. The Morgan fingerprint density at radius 1 is 0.562 bits per heavy atom. The number of hydrogen-bond donors (Lipinski definition) is 2. The van der Waals surface area contributed by atoms with E-state index in [0.717, 1.165) is 70.6 Å². The molecule has 0 aliphatic heterocycles. The lowest BCUT2D eigenvalue weighted by Gasteiger charge is -2.29. The maximum absolute atomic E-state index is 12.9. The number of allylic oxidation sites excluding steroid dienone is 13. The molecule has 0 saturated carbocycles. The van der Waals surface area contributed by atoms with Gasteiger partial charge >= 0.3 is 0 Å². The number of unbranched alkanes of at least 4 members (excludes halogenated alkanes) is 21. The number of carbonyl (C=O) groups excluding carboxylic acids is 1. The smallest absolute Gasteiger partial charge is 0.268 e. The van der Waals surface area contributed by atoms with Gasteiger partial charge in [-0.3, -0.25) is 9.36 Å². The van der Waals surface area contributed by atoms with Crippen LogP contribution in [0.3, 0.4) is 0 Å². The highest BCUT2D eigenvalue weighted by Crippen LogP contribution is 2.38. The van der Waals surface area contributed by atoms with E-state index in [1.807, 2.05) is 27.2 Å². The van der Waals surface area contributed by atoms with Crippen LogP contribution in [0.4, 0.5) is 0 Å². The molecule has 2 N–H and O–H groups in total. The molecule has 8 nitrogen and oxygen atoms in total. The average Bonchev–Trinajstić information content (AvgIpc) is 3.25. The lowest BCUT2D eigenvalue weighted by molar-refractivity contribution is -0.870. The summed E-state index contributed by atoms with van der Waals surface area (Å²) in [6.07, 6.45) is 63.6. The third-order valence-corrected chi connectivity index (χ3v) is 12.1. The molecule has 3 unspecified atom stereocenters. The van der Waals surface area contributed by atoms with Crippen molar-refractivity contribution in [2.45, 2.75) is 219 Å². The molecule has 0 aliphatic rings. The minimum absolute atomic E-state index is 0.00977. The first-order valence-corrected chi connectivity index (χ1v) is 27.4. The van der Waals surface area contributed by atoms with Gasteiger partial charge < -0.3 is 28.8 Å². The van der Waals surface area contributed by atoms with Crippen LogP contribution in [0.25, 0.3) is 0 Å². The number of amides is 1. The van der Waals surface area contributed by atoms with Crippen LogP contribution in [-0.4, -0.2) is 68.5 Å². The number of phosphoric acid groups is 1. The van der Waals surface area contributed by atoms with Gasteiger partial charge in [0.2, 0.25) is 5.91 Å². The number of quaternary nitrogens is 1. The molecule has 0 aromatic carbocycles. The van der Waals surface area contributed by atoms with E-state index in [1.165, 1.54) is 116 Å². The first-order chi connectivity index (χ1) is 31.0. The maximum Gasteiger partial charge on any atom is 0.268 e. The molecule has 0 saturated heterocycles. The zero-order valence-corrected chi connectivity index (χ0v) is 42.8. The van der Waals surface area contributed by atoms with Crippen molar-refractivity contribution in [2.24, 2.45) is 0 Å². The zero-order chi connectivity index (χ0) is 47.1. The SMILES string of the molecule is CC/C=C\C/C=C\C/C=C\C/C=C\C/C=C\CCCCCCCCCCCCCCCC(=O)NC(COP(=O)([O-])OCC[N+](C)(C)C)C(O)/C=C/CC/C=C/CCCCCCCCC. The van der Waals surface area contributed by atoms with Crippen LogP contribution < -0.4 is 10.2 Å². The molecular weight excluding hydrogens is 816 g/mol. The van der Waals surface area contributed by atoms with Gasteiger partial charge in [-0.25, -0.2) is 0 Å². The van der Waals surface area contributed by atoms with Crippen LogP contribution in [-0.2, 0) is 18.4 Å². The number of rotatable bonds is 46. The highest BCUT2D eigenvalue weighted by Gasteiger charge is 2.23. The quantitative estimate of drug-likeness (QED) is 0.0273. The van der Waals surface area contributed by atoms with Gasteiger partial charge in [0, 0.05) is 6.42 Å². The molecule has 0 aromatic rings. The van der Waals surface area contributed by atoms with E-state index in [9.17, 15) is 19.4 Å². The molecule has 0 heterocycles. The molecule has 0 bridgehead atoms. The van der Waals surface area contributed by atoms with Crippen molar-refractivity contribution in [1.29, 1.82) is 0 Å². The lowest BCUT2D eigenvalue weighted by Crippen LogP contribution is -2.45. The van der Waals surface area contributed by atoms with Crippen molar-refractivity contribution in [2.75, 3.05) is 40.9 Å². The molecule has 3 atom stereocenters. The molecule has 0 aliphatic carbocycles. The van der Waals surface area contributed by atoms with Crippen LogP contribution in [0.1, 0.15) is 206 Å². The van der Waals surface area contributed by atoms with Crippen LogP contribution in [0.5, 0.6) is 0 Å². The highest BCUT2D eigenvalue weighted by molar-refractivity contribution is 7.45. The molecule has 64 heavy (non-hydrogen) atoms. The summed E-state index contributed by atoms with van der Waals surface area (Å²) in [5.41, 5.74) is 0. The fourth-order valence-corrected chi connectivity index (χ4v) is 7.74. The van der Waals surface area contributed by atoms with E-state index in [-0.39, 0.29) is 12.5 Å². The van der Waals surface area contributed by atoms with Gasteiger partial charge in [-0.2, -0.15) is 0 Å². The predicted octanol–water partition coefficient (Wildman–Crippen LogP) is 14.7. The van der Waals surface area contributed by atoms with Crippen molar-refractivity contribution in [3.63, 3.8) is 0 Å². The number of aliphatic hydroxyl groups is 1. The molecule has 9 heteroatoms. The van der Waals surface area contributed by atoms with Crippen molar-refractivity contribution in [3.8, 4) is 0 Å². The van der Waals surface area contributed by atoms with E-state index < -0.39 is 26.6 Å². The van der Waals surface area contributed by atoms with E-state index in [2.05, 4.69) is 92.1 Å². The first kappa shape index (κ1) is 61.7. The van der Waals surface area contributed by atoms with E-state index >= 15 is 0 Å². The van der Waals surface area contributed by atoms with Crippen LogP contribution in [0.15, 0.2) is 85.1 Å². The minimum atomic E-state index is -4.60. The topological polar surface area (TPSA) is 108 Å². The molecule has 0 fully saturated rings. The summed E-state index contributed by atoms with van der Waals surface area (Å²) in [7, 11) is 1.23. The largest absolute Gasteiger partial charge is 0.756 e. The molecule has 0 aromatic heterocycles. The third kappa shape index (κ3) is 47.6. The fraction of sp³-hybridized carbons (Fsp3) is 0.727. The zero-order valence-electron chi connectivity index (χ0n) is 42.0. The Bertz CT molecular complexity index is 1310.